The molecule has 0 spiro atoms. The minimum absolute atomic E-state index is 0.221. The summed E-state index contributed by atoms with van der Waals surface area (Å²) in [7, 11) is 0. The third kappa shape index (κ3) is 3.04. The molecule has 5 rings (SSSR count). The molecular weight excluding hydrogens is 392 g/mol. The van der Waals surface area contributed by atoms with E-state index in [1.54, 1.807) is 35.2 Å². The van der Waals surface area contributed by atoms with Crippen molar-refractivity contribution in [2.75, 3.05) is 0 Å². The summed E-state index contributed by atoms with van der Waals surface area (Å²) in [6.45, 7) is 5.90. The summed E-state index contributed by atoms with van der Waals surface area (Å²) in [5.74, 6) is 0.958. The molecule has 0 unspecified atom stereocenters. The fourth-order valence-electron chi connectivity index (χ4n) is 3.70. The molecule has 0 saturated carbocycles. The summed E-state index contributed by atoms with van der Waals surface area (Å²) in [5, 5.41) is 7.66. The number of aromatic amines is 1. The Labute approximate surface area is 176 Å². The van der Waals surface area contributed by atoms with Gasteiger partial charge in [-0.15, -0.1) is 5.10 Å². The van der Waals surface area contributed by atoms with Crippen molar-refractivity contribution in [3.05, 3.63) is 86.5 Å². The number of fused-ring (bicyclic) bond motifs is 2. The van der Waals surface area contributed by atoms with Crippen LogP contribution in [0.4, 0.5) is 0 Å². The molecule has 31 heavy (non-hydrogen) atoms. The van der Waals surface area contributed by atoms with Crippen molar-refractivity contribution < 1.29 is 0 Å². The molecule has 4 aromatic heterocycles. The Morgan fingerprint density at radius 3 is 2.23 bits per heavy atom. The Balaban J connectivity index is 1.76. The predicted octanol–water partition coefficient (Wildman–Crippen LogP) is 2.99. The summed E-state index contributed by atoms with van der Waals surface area (Å²) in [5.41, 5.74) is 3.37. The Hall–Kier alpha value is -4.07. The molecule has 0 aliphatic heterocycles. The lowest BCUT2D eigenvalue weighted by molar-refractivity contribution is 0.901. The van der Waals surface area contributed by atoms with E-state index in [-0.39, 0.29) is 17.1 Å². The van der Waals surface area contributed by atoms with Gasteiger partial charge in [-0.1, -0.05) is 19.1 Å². The second-order valence-corrected chi connectivity index (χ2v) is 7.56. The van der Waals surface area contributed by atoms with Crippen molar-refractivity contribution in [3.8, 4) is 11.6 Å². The Morgan fingerprint density at radius 1 is 0.871 bits per heavy atom. The van der Waals surface area contributed by atoms with Gasteiger partial charge in [-0.2, -0.15) is 4.98 Å². The van der Waals surface area contributed by atoms with Crippen molar-refractivity contribution in [2.45, 2.75) is 27.2 Å². The van der Waals surface area contributed by atoms with Crippen LogP contribution in [0.15, 0.2) is 58.4 Å². The highest BCUT2D eigenvalue weighted by atomic mass is 16.1. The van der Waals surface area contributed by atoms with E-state index in [1.165, 1.54) is 4.57 Å². The molecule has 0 radical (unpaired) electrons. The number of H-pyrrole nitrogens is 1. The van der Waals surface area contributed by atoms with Crippen molar-refractivity contribution in [2.24, 2.45) is 0 Å². The zero-order chi connectivity index (χ0) is 21.7. The molecule has 0 aliphatic rings. The summed E-state index contributed by atoms with van der Waals surface area (Å²) in [6, 6.07) is 11.1. The van der Waals surface area contributed by atoms with Crippen LogP contribution in [0.2, 0.25) is 0 Å². The largest absolute Gasteiger partial charge is 0.283 e. The highest BCUT2D eigenvalue weighted by Crippen LogP contribution is 2.18. The van der Waals surface area contributed by atoms with Crippen LogP contribution < -0.4 is 11.1 Å². The molecular formula is C23H20N6O2. The molecule has 0 amide bonds. The van der Waals surface area contributed by atoms with Crippen LogP contribution in [0, 0.1) is 13.8 Å². The van der Waals surface area contributed by atoms with Crippen LogP contribution in [-0.2, 0) is 6.42 Å². The third-order valence-electron chi connectivity index (χ3n) is 5.44. The normalized spacial score (nSPS) is 11.5. The van der Waals surface area contributed by atoms with Crippen LogP contribution >= 0.6 is 0 Å². The molecule has 8 nitrogen and oxygen atoms in total. The standard InChI is InChI=1S/C23H20N6O2/c1-4-20-25-23(27-26-20)29-10-8-18-16(22(29)31)12-15-17(24-18)7-9-28(21(15)30)19-11-13(2)5-6-14(19)3/h5-12H,4H2,1-3H3,(H,25,26,27). The van der Waals surface area contributed by atoms with E-state index in [0.29, 0.717) is 34.1 Å². The van der Waals surface area contributed by atoms with Crippen LogP contribution in [0.1, 0.15) is 23.9 Å². The molecule has 0 aliphatic carbocycles. The van der Waals surface area contributed by atoms with Crippen molar-refractivity contribution in [1.29, 1.82) is 0 Å². The fraction of sp³-hybridized carbons (Fsp3) is 0.174. The predicted molar refractivity (Wildman–Crippen MR) is 119 cm³/mol. The highest BCUT2D eigenvalue weighted by Gasteiger charge is 2.14. The smallest absolute Gasteiger partial charge is 0.267 e. The van der Waals surface area contributed by atoms with Crippen molar-refractivity contribution in [3.63, 3.8) is 0 Å². The van der Waals surface area contributed by atoms with E-state index in [4.69, 9.17) is 0 Å². The van der Waals surface area contributed by atoms with Gasteiger partial charge in [0.2, 0.25) is 0 Å². The van der Waals surface area contributed by atoms with Gasteiger partial charge < -0.3 is 0 Å². The third-order valence-corrected chi connectivity index (χ3v) is 5.44. The van der Waals surface area contributed by atoms with Gasteiger partial charge in [-0.3, -0.25) is 19.3 Å². The maximum Gasteiger partial charge on any atom is 0.267 e. The first-order valence-electron chi connectivity index (χ1n) is 10.0. The summed E-state index contributed by atoms with van der Waals surface area (Å²) in [4.78, 5) is 35.4. The number of rotatable bonds is 3. The zero-order valence-electron chi connectivity index (χ0n) is 17.4. The molecule has 4 heterocycles. The van der Waals surface area contributed by atoms with Gasteiger partial charge in [-0.25, -0.2) is 9.55 Å². The van der Waals surface area contributed by atoms with E-state index in [9.17, 15) is 9.59 Å². The quantitative estimate of drug-likeness (QED) is 0.460. The minimum Gasteiger partial charge on any atom is -0.283 e. The first kappa shape index (κ1) is 18.9. The SMILES string of the molecule is CCc1nc(-n2ccc3nc4ccn(-c5cc(C)ccc5C)c(=O)c4cc3c2=O)n[nH]1. The number of nitrogens with zero attached hydrogens (tertiary/aromatic N) is 5. The summed E-state index contributed by atoms with van der Waals surface area (Å²) in [6.07, 6.45) is 4.01. The molecule has 1 aromatic carbocycles. The average molecular weight is 412 g/mol. The van der Waals surface area contributed by atoms with E-state index >= 15 is 0 Å². The first-order chi connectivity index (χ1) is 15.0. The van der Waals surface area contributed by atoms with Gasteiger partial charge in [-0.05, 0) is 49.2 Å². The minimum atomic E-state index is -0.324. The van der Waals surface area contributed by atoms with Gasteiger partial charge in [0.15, 0.2) is 0 Å². The monoisotopic (exact) mass is 412 g/mol. The van der Waals surface area contributed by atoms with Gasteiger partial charge in [0.05, 0.1) is 27.5 Å². The first-order valence-corrected chi connectivity index (χ1v) is 10.0. The Morgan fingerprint density at radius 2 is 1.55 bits per heavy atom. The van der Waals surface area contributed by atoms with Crippen LogP contribution in [0.25, 0.3) is 33.4 Å². The van der Waals surface area contributed by atoms with E-state index in [0.717, 1.165) is 16.8 Å². The zero-order valence-corrected chi connectivity index (χ0v) is 17.4. The lowest BCUT2D eigenvalue weighted by Crippen LogP contribution is -2.21. The van der Waals surface area contributed by atoms with Crippen LogP contribution in [0.5, 0.6) is 0 Å². The van der Waals surface area contributed by atoms with E-state index in [1.807, 2.05) is 39.0 Å². The van der Waals surface area contributed by atoms with Crippen molar-refractivity contribution in [1.82, 2.24) is 29.3 Å². The number of pyridine rings is 3. The molecule has 1 N–H and O–H groups in total. The molecule has 0 bridgehead atoms. The summed E-state index contributed by atoms with van der Waals surface area (Å²) < 4.78 is 2.96. The molecule has 154 valence electrons. The van der Waals surface area contributed by atoms with Crippen LogP contribution in [0.3, 0.4) is 0 Å². The molecule has 0 saturated heterocycles. The number of nitrogens with one attached hydrogen (secondary N) is 1. The van der Waals surface area contributed by atoms with Gasteiger partial charge >= 0.3 is 0 Å². The maximum atomic E-state index is 13.3. The number of aryl methyl sites for hydroxylation is 3. The van der Waals surface area contributed by atoms with Crippen LogP contribution in [-0.4, -0.2) is 29.3 Å². The molecule has 5 aromatic rings. The van der Waals surface area contributed by atoms with E-state index in [2.05, 4.69) is 20.2 Å². The fourth-order valence-corrected chi connectivity index (χ4v) is 3.70. The number of aromatic nitrogens is 6. The van der Waals surface area contributed by atoms with Gasteiger partial charge in [0, 0.05) is 18.8 Å². The number of hydrogen-bond donors (Lipinski definition) is 1. The second kappa shape index (κ2) is 7.02. The van der Waals surface area contributed by atoms with Gasteiger partial charge in [0.1, 0.15) is 5.82 Å². The molecule has 0 atom stereocenters. The Kier molecular flexibility index (Phi) is 4.28. The molecule has 0 fully saturated rings. The van der Waals surface area contributed by atoms with Gasteiger partial charge in [0.25, 0.3) is 17.1 Å². The average Bonchev–Trinajstić information content (AvgIpc) is 3.24. The van der Waals surface area contributed by atoms with E-state index < -0.39 is 0 Å². The Bertz CT molecular complexity index is 1590. The lowest BCUT2D eigenvalue weighted by atomic mass is 10.1. The highest BCUT2D eigenvalue weighted by molar-refractivity contribution is 5.91. The number of hydrogen-bond acceptors (Lipinski definition) is 5. The second-order valence-electron chi connectivity index (χ2n) is 7.56. The molecule has 8 heteroatoms. The topological polar surface area (TPSA) is 98.5 Å². The number of benzene rings is 1. The summed E-state index contributed by atoms with van der Waals surface area (Å²) >= 11 is 0. The lowest BCUT2D eigenvalue weighted by Gasteiger charge is -2.11. The maximum absolute atomic E-state index is 13.3. The van der Waals surface area contributed by atoms with Crippen molar-refractivity contribution >= 4 is 21.8 Å².